The lowest BCUT2D eigenvalue weighted by molar-refractivity contribution is 0.215. The predicted octanol–water partition coefficient (Wildman–Crippen LogP) is 0.807. The highest BCUT2D eigenvalue weighted by Gasteiger charge is 1.84. The Bertz CT molecular complexity index is 75.1. The SMILES string of the molecule is C#CC[B]CCOC. The van der Waals surface area contributed by atoms with E-state index in [1.807, 2.05) is 7.28 Å². The Hall–Kier alpha value is -0.415. The van der Waals surface area contributed by atoms with Crippen molar-refractivity contribution in [3.63, 3.8) is 0 Å². The Labute approximate surface area is 51.7 Å². The third-order valence-corrected chi connectivity index (χ3v) is 0.788. The number of hydrogen-bond donors (Lipinski definition) is 0. The summed E-state index contributed by atoms with van der Waals surface area (Å²) in [6, 6.07) is 0. The van der Waals surface area contributed by atoms with Gasteiger partial charge in [0.25, 0.3) is 0 Å². The lowest BCUT2D eigenvalue weighted by atomic mass is 9.72. The summed E-state index contributed by atoms with van der Waals surface area (Å²) < 4.78 is 4.79. The van der Waals surface area contributed by atoms with Crippen molar-refractivity contribution < 1.29 is 4.74 Å². The molecule has 0 heterocycles. The van der Waals surface area contributed by atoms with Gasteiger partial charge in [0, 0.05) is 13.7 Å². The number of rotatable bonds is 4. The molecule has 1 nitrogen and oxygen atoms in total. The van der Waals surface area contributed by atoms with E-state index in [2.05, 4.69) is 5.92 Å². The number of terminal acetylenes is 1. The smallest absolute Gasteiger partial charge is 0.128 e. The van der Waals surface area contributed by atoms with E-state index >= 15 is 0 Å². The molecule has 0 unspecified atom stereocenters. The first-order chi connectivity index (χ1) is 3.91. The molecule has 0 aliphatic carbocycles. The van der Waals surface area contributed by atoms with Crippen LogP contribution in [0.2, 0.25) is 12.6 Å². The number of ether oxygens (including phenoxy) is 1. The maximum absolute atomic E-state index is 4.99. The van der Waals surface area contributed by atoms with Gasteiger partial charge in [0.2, 0.25) is 0 Å². The molecular weight excluding hydrogens is 98.9 g/mol. The van der Waals surface area contributed by atoms with Gasteiger partial charge in [-0.15, -0.1) is 12.3 Å². The summed E-state index contributed by atoms with van der Waals surface area (Å²) in [7, 11) is 3.72. The zero-order valence-corrected chi connectivity index (χ0v) is 5.18. The molecule has 0 fully saturated rings. The summed E-state index contributed by atoms with van der Waals surface area (Å²) in [4.78, 5) is 0. The number of hydrogen-bond acceptors (Lipinski definition) is 1. The van der Waals surface area contributed by atoms with Gasteiger partial charge in [-0.3, -0.25) is 0 Å². The molecule has 0 aliphatic rings. The van der Waals surface area contributed by atoms with Gasteiger partial charge in [0.15, 0.2) is 0 Å². The van der Waals surface area contributed by atoms with Gasteiger partial charge in [-0.25, -0.2) is 0 Å². The van der Waals surface area contributed by atoms with Gasteiger partial charge in [-0.2, -0.15) is 0 Å². The van der Waals surface area contributed by atoms with E-state index < -0.39 is 0 Å². The molecule has 0 aromatic carbocycles. The third-order valence-electron chi connectivity index (χ3n) is 0.788. The molecule has 0 aliphatic heterocycles. The Kier molecular flexibility index (Phi) is 6.24. The molecule has 0 amide bonds. The van der Waals surface area contributed by atoms with Crippen molar-refractivity contribution >= 4 is 7.28 Å². The molecule has 8 heavy (non-hydrogen) atoms. The highest BCUT2D eigenvalue weighted by atomic mass is 16.5. The van der Waals surface area contributed by atoms with E-state index in [-0.39, 0.29) is 0 Å². The Morgan fingerprint density at radius 3 is 3.00 bits per heavy atom. The molecule has 0 rings (SSSR count). The molecule has 0 saturated carbocycles. The van der Waals surface area contributed by atoms with Crippen molar-refractivity contribution in [1.82, 2.24) is 0 Å². The highest BCUT2D eigenvalue weighted by Crippen LogP contribution is 1.82. The van der Waals surface area contributed by atoms with Crippen LogP contribution in [-0.4, -0.2) is 21.0 Å². The van der Waals surface area contributed by atoms with E-state index in [9.17, 15) is 0 Å². The largest absolute Gasteiger partial charge is 0.385 e. The Balaban J connectivity index is 2.65. The van der Waals surface area contributed by atoms with Gasteiger partial charge in [-0.05, 0) is 6.32 Å². The normalized spacial score (nSPS) is 8.00. The average molecular weight is 109 g/mol. The van der Waals surface area contributed by atoms with Gasteiger partial charge < -0.3 is 4.74 Å². The van der Waals surface area contributed by atoms with Crippen LogP contribution in [0.25, 0.3) is 0 Å². The van der Waals surface area contributed by atoms with Crippen molar-refractivity contribution in [1.29, 1.82) is 0 Å². The zero-order valence-electron chi connectivity index (χ0n) is 5.18. The van der Waals surface area contributed by atoms with Crippen LogP contribution >= 0.6 is 0 Å². The summed E-state index contributed by atoms with van der Waals surface area (Å²) in [6.07, 6.45) is 6.70. The summed E-state index contributed by atoms with van der Waals surface area (Å²) >= 11 is 0. The molecule has 0 aromatic rings. The molecule has 0 bridgehead atoms. The van der Waals surface area contributed by atoms with E-state index in [0.717, 1.165) is 19.2 Å². The monoisotopic (exact) mass is 109 g/mol. The van der Waals surface area contributed by atoms with Crippen LogP contribution in [0.4, 0.5) is 0 Å². The van der Waals surface area contributed by atoms with Crippen molar-refractivity contribution in [2.24, 2.45) is 0 Å². The molecular formula is C6H10BO. The molecule has 1 radical (unpaired) electrons. The molecule has 0 saturated heterocycles. The van der Waals surface area contributed by atoms with Crippen LogP contribution in [-0.2, 0) is 4.74 Å². The first kappa shape index (κ1) is 7.58. The van der Waals surface area contributed by atoms with Crippen molar-refractivity contribution in [2.75, 3.05) is 13.7 Å². The minimum absolute atomic E-state index is 0.753. The first-order valence-electron chi connectivity index (χ1n) is 2.66. The zero-order chi connectivity index (χ0) is 6.24. The second-order valence-corrected chi connectivity index (χ2v) is 1.48. The van der Waals surface area contributed by atoms with Crippen LogP contribution in [0.5, 0.6) is 0 Å². The standard InChI is InChI=1S/C6H10BO/c1-3-4-7-5-6-8-2/h1H,4-6H2,2H3. The average Bonchev–Trinajstić information content (AvgIpc) is 1.81. The van der Waals surface area contributed by atoms with Crippen molar-refractivity contribution in [2.45, 2.75) is 12.6 Å². The van der Waals surface area contributed by atoms with E-state index in [4.69, 9.17) is 11.2 Å². The second-order valence-electron chi connectivity index (χ2n) is 1.48. The second kappa shape index (κ2) is 6.58. The van der Waals surface area contributed by atoms with Crippen LogP contribution in [0, 0.1) is 12.3 Å². The quantitative estimate of drug-likeness (QED) is 0.295. The Morgan fingerprint density at radius 2 is 2.50 bits per heavy atom. The molecule has 0 N–H and O–H groups in total. The third kappa shape index (κ3) is 5.58. The summed E-state index contributed by atoms with van der Waals surface area (Å²) in [5, 5.41) is 0. The first-order valence-corrected chi connectivity index (χ1v) is 2.66. The fourth-order valence-corrected chi connectivity index (χ4v) is 0.387. The lowest BCUT2D eigenvalue weighted by Gasteiger charge is -1.91. The van der Waals surface area contributed by atoms with Crippen LogP contribution in [0.3, 0.4) is 0 Å². The number of methoxy groups -OCH3 is 1. The maximum Gasteiger partial charge on any atom is 0.128 e. The molecule has 0 spiro atoms. The molecule has 2 heteroatoms. The van der Waals surface area contributed by atoms with Crippen LogP contribution in [0.1, 0.15) is 0 Å². The van der Waals surface area contributed by atoms with E-state index in [1.165, 1.54) is 0 Å². The van der Waals surface area contributed by atoms with E-state index in [0.29, 0.717) is 0 Å². The predicted molar refractivity (Wildman–Crippen MR) is 36.1 cm³/mol. The van der Waals surface area contributed by atoms with E-state index in [1.54, 1.807) is 7.11 Å². The molecule has 0 aromatic heterocycles. The summed E-state index contributed by atoms with van der Waals surface area (Å²) in [5.41, 5.74) is 0. The molecule has 0 atom stereocenters. The van der Waals surface area contributed by atoms with Crippen LogP contribution < -0.4 is 0 Å². The summed E-state index contributed by atoms with van der Waals surface area (Å²) in [5.74, 6) is 2.52. The maximum atomic E-state index is 4.99. The van der Waals surface area contributed by atoms with Crippen molar-refractivity contribution in [3.05, 3.63) is 0 Å². The van der Waals surface area contributed by atoms with Crippen molar-refractivity contribution in [3.8, 4) is 12.3 Å². The highest BCUT2D eigenvalue weighted by molar-refractivity contribution is 6.36. The fourth-order valence-electron chi connectivity index (χ4n) is 0.387. The van der Waals surface area contributed by atoms with Gasteiger partial charge in [0.1, 0.15) is 7.28 Å². The van der Waals surface area contributed by atoms with Gasteiger partial charge in [-0.1, -0.05) is 6.32 Å². The topological polar surface area (TPSA) is 9.23 Å². The minimum atomic E-state index is 0.753. The van der Waals surface area contributed by atoms with Gasteiger partial charge >= 0.3 is 0 Å². The lowest BCUT2D eigenvalue weighted by Crippen LogP contribution is -1.93. The molecule has 43 valence electrons. The van der Waals surface area contributed by atoms with Crippen LogP contribution in [0.15, 0.2) is 0 Å². The fraction of sp³-hybridized carbons (Fsp3) is 0.667. The van der Waals surface area contributed by atoms with Gasteiger partial charge in [0.05, 0.1) is 0 Å². The Morgan fingerprint density at radius 1 is 1.75 bits per heavy atom. The minimum Gasteiger partial charge on any atom is -0.385 e. The summed E-state index contributed by atoms with van der Waals surface area (Å²) in [6.45, 7) is 0.779.